The SMILES string of the molecule is CC(CO)(CO)C(=O)OCC(C)(COC(=O)C(C)(CO)CO)C(=O)Oc1ccc(C(C)(c2ccc(OC(=O)C(C)(COC(=O)C(C)(CO)CO)COC(=O)C(C)(CO)CO)cc2)c2ccc(OC(=O)C(C)(COC(=O)C(C)(CO)CO)COC(=O)C(C)(CO)CO)cc2)cc1.CC1(C(=O)OCc2ccc(CCl)cc2)COC(=O)OC1.C[C@@H]1OC(=O)[C@H](C)OC1=O.PP(P)P(P=S)P(P(P)P)P(P)P.S.S. The zero-order valence-electron chi connectivity index (χ0n) is 79.3. The predicted octanol–water partition coefficient (Wildman–Crippen LogP) is 8.83. The van der Waals surface area contributed by atoms with E-state index in [0.29, 0.717) is 22.6 Å². The van der Waals surface area contributed by atoms with Gasteiger partial charge in [-0.15, -0.1) is 65.2 Å². The average molecular weight is 2280 g/mol. The minimum atomic E-state index is -2.03. The Balaban J connectivity index is 0.00000175. The van der Waals surface area contributed by atoms with Crippen molar-refractivity contribution in [2.24, 2.45) is 54.1 Å². The number of ether oxygens (including phenoxy) is 14. The largest absolute Gasteiger partial charge is 0.508 e. The van der Waals surface area contributed by atoms with Crippen molar-refractivity contribution in [1.82, 2.24) is 0 Å². The maximum atomic E-state index is 14.2. The quantitative estimate of drug-likeness (QED) is 0.00490. The molecule has 4 aromatic rings. The van der Waals surface area contributed by atoms with Gasteiger partial charge in [-0.3, -0.25) is 47.9 Å². The van der Waals surface area contributed by atoms with Gasteiger partial charge in [0.2, 0.25) is 0 Å². The molecule has 0 bridgehead atoms. The number of hydrogen-bond donors (Lipinski definition) is 12. The van der Waals surface area contributed by atoms with Crippen molar-refractivity contribution in [3.05, 3.63) is 125 Å². The molecule has 2 fully saturated rings. The minimum Gasteiger partial charge on any atom is -0.464 e. The number of alkyl halides is 1. The lowest BCUT2D eigenvalue weighted by Gasteiger charge is -2.33. The van der Waals surface area contributed by atoms with Crippen LogP contribution in [0.25, 0.3) is 0 Å². The fourth-order valence-corrected chi connectivity index (χ4v) is 125. The molecule has 788 valence electrons. The van der Waals surface area contributed by atoms with Gasteiger partial charge in [0.15, 0.2) is 12.2 Å². The first-order valence-electron chi connectivity index (χ1n) is 41.5. The fraction of sp³-hybridized carbons (Fsp3) is 0.565. The van der Waals surface area contributed by atoms with Gasteiger partial charge in [-0.25, -0.2) is 14.4 Å². The third-order valence-electron chi connectivity index (χ3n) is 21.8. The van der Waals surface area contributed by atoms with Crippen LogP contribution in [0.15, 0.2) is 97.1 Å². The molecule has 0 radical (unpaired) electrons. The van der Waals surface area contributed by atoms with Gasteiger partial charge < -0.3 is 128 Å². The molecular weight excluding hydrogens is 2150 g/mol. The highest BCUT2D eigenvalue weighted by atomic mass is 35.5. The number of esters is 12. The summed E-state index contributed by atoms with van der Waals surface area (Å²) in [6, 6.07) is 24.8. The number of carbonyl (C=O) groups excluding carboxylic acids is 13. The molecule has 0 spiro atoms. The van der Waals surface area contributed by atoms with Gasteiger partial charge in [-0.2, -0.15) is 27.0 Å². The Morgan fingerprint density at radius 3 is 0.800 bits per heavy atom. The Kier molecular flexibility index (Phi) is 58.1. The van der Waals surface area contributed by atoms with Crippen LogP contribution in [0.4, 0.5) is 4.79 Å². The number of benzene rings is 4. The number of carbonyl (C=O) groups is 13. The van der Waals surface area contributed by atoms with Crippen LogP contribution in [0.2, 0.25) is 0 Å². The second-order valence-corrected chi connectivity index (χ2v) is 81.1. The second-order valence-electron chi connectivity index (χ2n) is 35.1. The van der Waals surface area contributed by atoms with Gasteiger partial charge in [0.05, 0.1) is 79.3 Å². The van der Waals surface area contributed by atoms with Gasteiger partial charge in [0.25, 0.3) is 0 Å². The highest BCUT2D eigenvalue weighted by molar-refractivity contribution is 9.23. The molecule has 55 heteroatoms. The summed E-state index contributed by atoms with van der Waals surface area (Å²) in [4.78, 5) is 165. The first-order valence-corrected chi connectivity index (χ1v) is 63.9. The molecule has 2 aliphatic rings. The van der Waals surface area contributed by atoms with E-state index < -0.39 is 268 Å². The minimum absolute atomic E-state index is 0. The van der Waals surface area contributed by atoms with Crippen molar-refractivity contribution in [2.45, 2.75) is 120 Å². The first kappa shape index (κ1) is 134. The van der Waals surface area contributed by atoms with E-state index in [1.54, 1.807) is 13.8 Å². The lowest BCUT2D eigenvalue weighted by Crippen LogP contribution is -2.46. The molecule has 0 saturated carbocycles. The molecule has 39 nitrogen and oxygen atoms in total. The predicted molar refractivity (Wildman–Crippen MR) is 556 cm³/mol. The van der Waals surface area contributed by atoms with E-state index >= 15 is 0 Å². The Hall–Kier alpha value is -4.45. The van der Waals surface area contributed by atoms with Crippen molar-refractivity contribution in [2.75, 3.05) is 132 Å². The molecular formula is C85H129ClO39P12S3. The van der Waals surface area contributed by atoms with E-state index in [0.717, 1.165) is 11.1 Å². The van der Waals surface area contributed by atoms with Crippen molar-refractivity contribution in [1.29, 1.82) is 0 Å². The number of halogens is 1. The molecule has 2 heterocycles. The maximum Gasteiger partial charge on any atom is 0.508 e. The van der Waals surface area contributed by atoms with E-state index in [4.69, 9.17) is 80.3 Å². The van der Waals surface area contributed by atoms with Gasteiger partial charge in [0, 0.05) is 25.3 Å². The van der Waals surface area contributed by atoms with Crippen molar-refractivity contribution in [3.63, 3.8) is 0 Å². The van der Waals surface area contributed by atoms with E-state index in [9.17, 15) is 124 Å². The average Bonchev–Trinajstić information content (AvgIpc) is 0.755. The molecule has 9 atom stereocenters. The number of hydrogen-bond acceptors (Lipinski definition) is 40. The molecule has 12 N–H and O–H groups in total. The van der Waals surface area contributed by atoms with E-state index in [2.05, 4.69) is 63.0 Å². The smallest absolute Gasteiger partial charge is 0.464 e. The van der Waals surface area contributed by atoms with Crippen LogP contribution in [-0.2, 0) is 139 Å². The van der Waals surface area contributed by atoms with Crippen LogP contribution < -0.4 is 14.2 Å². The van der Waals surface area contributed by atoms with Gasteiger partial charge in [0.1, 0.15) is 131 Å². The molecule has 140 heavy (non-hydrogen) atoms. The second kappa shape index (κ2) is 60.9. The van der Waals surface area contributed by atoms with Crippen LogP contribution in [-0.4, -0.2) is 283 Å². The number of rotatable bonds is 48. The molecule has 2 saturated heterocycles. The number of cyclic esters (lactones) is 4. The Bertz CT molecular complexity index is 4260. The zero-order valence-corrected chi connectivity index (χ0v) is 95.1. The summed E-state index contributed by atoms with van der Waals surface area (Å²) in [5.74, 6) is -11.6. The number of aliphatic hydroxyl groups excluding tert-OH is 12. The highest BCUT2D eigenvalue weighted by Gasteiger charge is 2.50. The first-order chi connectivity index (χ1) is 64.4. The highest BCUT2D eigenvalue weighted by Crippen LogP contribution is 3.16. The summed E-state index contributed by atoms with van der Waals surface area (Å²) >= 11 is 11.0. The van der Waals surface area contributed by atoms with Crippen molar-refractivity contribution < 1.29 is 190 Å². The normalized spacial score (nSPS) is 14.9. The summed E-state index contributed by atoms with van der Waals surface area (Å²) in [6.07, 6.45) is -2.25. The molecule has 0 aromatic heterocycles. The molecule has 0 amide bonds. The van der Waals surface area contributed by atoms with Gasteiger partial charge >= 0.3 is 77.8 Å². The van der Waals surface area contributed by atoms with Crippen LogP contribution in [0.1, 0.15) is 118 Å². The fourth-order valence-electron chi connectivity index (χ4n) is 10.5. The molecule has 2 aliphatic heterocycles. The van der Waals surface area contributed by atoms with Gasteiger partial charge in [-0.1, -0.05) is 72.5 Å². The van der Waals surface area contributed by atoms with Crippen molar-refractivity contribution >= 4 is 224 Å². The summed E-state index contributed by atoms with van der Waals surface area (Å²) in [5, 5.41) is 118. The molecule has 0 aliphatic carbocycles. The lowest BCUT2D eigenvalue weighted by atomic mass is 9.71. The van der Waals surface area contributed by atoms with E-state index in [1.165, 1.54) is 156 Å². The third-order valence-corrected chi connectivity index (χ3v) is 90.4. The maximum absolute atomic E-state index is 14.2. The summed E-state index contributed by atoms with van der Waals surface area (Å²) < 4.78 is 73.3. The third kappa shape index (κ3) is 37.4. The summed E-state index contributed by atoms with van der Waals surface area (Å²) in [5.41, 5.74) is -16.2. The Morgan fingerprint density at radius 2 is 0.607 bits per heavy atom. The standard InChI is InChI=1S/C65H90O30.C14H15ClO5.C6H8O4.H12P12S.2H2S/c1-56(23-66,24-67)47(78)87-35-62(7,36-88-48(79)57(2,25-68)26-69)53(84)93-44-17-11-41(12-18-44)65(10,42-13-19-45(20-14-42)94-54(85)63(8,37-89-49(80)58(3,27-70)28-71)38-90-50(81)59(4,29-72)30-73)43-15-21-46(22-16-43)95-55(86)64(9,39-91-51(82)60(5,31-74)32-75)40-92-52(83)61(6,33-76)34-77;1-14(8-19-13(17)20-9-14)12(16)18-7-11-4-2-10(6-15)3-5-11;1-3-5(7)10-4(2)6(8)9-3;1-8(2)11(7-13)12(9(3)4)10(5)6;;/h11-22,66-77H,23-40H2,1-10H3;2-5H,6-9H2,1H3;3-4H,1-2H3;1-6H2;2*1H2/t;;3-,4-;;;/m..0.../s1. The van der Waals surface area contributed by atoms with E-state index in [1.807, 2.05) is 24.3 Å². The van der Waals surface area contributed by atoms with Crippen LogP contribution in [0.5, 0.6) is 17.2 Å². The van der Waals surface area contributed by atoms with Crippen molar-refractivity contribution in [3.8, 4) is 17.2 Å². The van der Waals surface area contributed by atoms with Crippen LogP contribution in [0, 0.1) is 54.1 Å². The Labute approximate surface area is 856 Å². The molecule has 6 rings (SSSR count). The topological polar surface area (TPSA) is 594 Å². The summed E-state index contributed by atoms with van der Waals surface area (Å²) in [7, 11) is 19.1. The van der Waals surface area contributed by atoms with Gasteiger partial charge in [-0.05, 0) is 182 Å². The Morgan fingerprint density at radius 1 is 0.379 bits per heavy atom. The molecule has 4 aromatic carbocycles. The summed E-state index contributed by atoms with van der Waals surface area (Å²) in [6.45, 7) is 2.13. The monoisotopic (exact) mass is 2280 g/mol. The van der Waals surface area contributed by atoms with Crippen LogP contribution in [0.3, 0.4) is 0 Å². The lowest BCUT2D eigenvalue weighted by molar-refractivity contribution is -0.191. The van der Waals surface area contributed by atoms with E-state index in [-0.39, 0.29) is 99.0 Å². The van der Waals surface area contributed by atoms with Crippen LogP contribution >= 0.6 is 134 Å². The molecule has 7 unspecified atom stereocenters. The number of aliphatic hydroxyl groups is 12. The zero-order chi connectivity index (χ0) is 105.